The van der Waals surface area contributed by atoms with Gasteiger partial charge in [-0.25, -0.2) is 0 Å². The van der Waals surface area contributed by atoms with Gasteiger partial charge < -0.3 is 19.8 Å². The Hall–Kier alpha value is -3.07. The first-order valence-corrected chi connectivity index (χ1v) is 20.8. The summed E-state index contributed by atoms with van der Waals surface area (Å²) in [4.78, 5) is 47.0. The molecule has 4 bridgehead atoms. The first-order chi connectivity index (χ1) is 24.9. The normalized spacial score (nSPS) is 44.2. The molecule has 4 saturated carbocycles. The van der Waals surface area contributed by atoms with E-state index in [9.17, 15) is 19.8 Å². The average Bonchev–Trinajstić information content (AvgIpc) is 3.78. The number of benzene rings is 1. The summed E-state index contributed by atoms with van der Waals surface area (Å²) in [5.74, 6) is -0.292. The van der Waals surface area contributed by atoms with Crippen LogP contribution in [0.5, 0.6) is 0 Å². The number of aliphatic hydroxyl groups is 2. The van der Waals surface area contributed by atoms with E-state index in [1.165, 1.54) is 11.3 Å². The molecule has 8 heteroatoms. The highest BCUT2D eigenvalue weighted by Gasteiger charge is 2.78. The van der Waals surface area contributed by atoms with Crippen LogP contribution >= 0.6 is 11.3 Å². The van der Waals surface area contributed by atoms with Gasteiger partial charge in [0.25, 0.3) is 5.91 Å². The Morgan fingerprint density at radius 2 is 1.58 bits per heavy atom. The molecule has 2 heterocycles. The molecule has 0 radical (unpaired) electrons. The number of amides is 1. The molecular formula is C45H55NO6S. The van der Waals surface area contributed by atoms with Gasteiger partial charge in [-0.05, 0) is 107 Å². The van der Waals surface area contributed by atoms with E-state index in [2.05, 4.69) is 32.1 Å². The third kappa shape index (κ3) is 4.21. The summed E-state index contributed by atoms with van der Waals surface area (Å²) in [6, 6.07) is 13.9. The van der Waals surface area contributed by atoms with Crippen molar-refractivity contribution < 1.29 is 29.3 Å². The zero-order valence-electron chi connectivity index (χ0n) is 32.2. The van der Waals surface area contributed by atoms with Crippen molar-refractivity contribution in [1.82, 2.24) is 4.90 Å². The van der Waals surface area contributed by atoms with E-state index in [1.807, 2.05) is 75.1 Å². The molecule has 1 aromatic heterocycles. The molecule has 10 rings (SSSR count). The topological polar surface area (TPSA) is 104 Å². The minimum absolute atomic E-state index is 0.0319. The highest BCUT2D eigenvalue weighted by molar-refractivity contribution is 7.14. The minimum atomic E-state index is -1.29. The molecule has 1 unspecified atom stereocenters. The van der Waals surface area contributed by atoms with Crippen molar-refractivity contribution in [3.05, 3.63) is 81.6 Å². The number of allylic oxidation sites excluding steroid dienone is 4. The molecule has 5 fully saturated rings. The van der Waals surface area contributed by atoms with Gasteiger partial charge in [0.15, 0.2) is 11.4 Å². The number of rotatable bonds is 7. The van der Waals surface area contributed by atoms with Crippen LogP contribution in [0.15, 0.2) is 66.3 Å². The number of aryl methyl sites for hydroxylation is 1. The van der Waals surface area contributed by atoms with Gasteiger partial charge in [-0.2, -0.15) is 0 Å². The predicted octanol–water partition coefficient (Wildman–Crippen LogP) is 7.98. The zero-order valence-corrected chi connectivity index (χ0v) is 33.0. The molecule has 7 aliphatic carbocycles. The number of ketones is 1. The zero-order chi connectivity index (χ0) is 37.6. The van der Waals surface area contributed by atoms with Gasteiger partial charge >= 0.3 is 5.97 Å². The Morgan fingerprint density at radius 1 is 0.887 bits per heavy atom. The maximum atomic E-state index is 15.2. The lowest BCUT2D eigenvalue weighted by Crippen LogP contribution is -2.67. The van der Waals surface area contributed by atoms with Crippen molar-refractivity contribution in [2.24, 2.45) is 44.3 Å². The fourth-order valence-electron chi connectivity index (χ4n) is 13.6. The number of carbonyl (C=O) groups excluding carboxylic acids is 3. The van der Waals surface area contributed by atoms with Crippen LogP contribution in [0.25, 0.3) is 0 Å². The molecular weight excluding hydrogens is 683 g/mol. The van der Waals surface area contributed by atoms with E-state index in [1.54, 1.807) is 0 Å². The summed E-state index contributed by atoms with van der Waals surface area (Å²) in [5, 5.41) is 24.4. The van der Waals surface area contributed by atoms with Crippen LogP contribution in [0, 0.1) is 51.2 Å². The third-order valence-corrected chi connectivity index (χ3v) is 18.3. The number of nitrogens with zero attached hydrogens (tertiary/aromatic N) is 1. The van der Waals surface area contributed by atoms with Crippen LogP contribution in [0.2, 0.25) is 0 Å². The number of ether oxygens (including phenoxy) is 1. The lowest BCUT2D eigenvalue weighted by atomic mass is 9.32. The van der Waals surface area contributed by atoms with Crippen molar-refractivity contribution in [2.75, 3.05) is 6.54 Å². The summed E-state index contributed by atoms with van der Waals surface area (Å²) in [5.41, 5.74) is -3.90. The van der Waals surface area contributed by atoms with Crippen molar-refractivity contribution in [3.8, 4) is 0 Å². The number of esters is 1. The molecule has 2 N–H and O–H groups in total. The summed E-state index contributed by atoms with van der Waals surface area (Å²) in [7, 11) is 0. The lowest BCUT2D eigenvalue weighted by molar-refractivity contribution is -0.187. The summed E-state index contributed by atoms with van der Waals surface area (Å²) < 4.78 is 6.16. The lowest BCUT2D eigenvalue weighted by Gasteiger charge is -2.71. The second kappa shape index (κ2) is 11.0. The predicted molar refractivity (Wildman–Crippen MR) is 204 cm³/mol. The first kappa shape index (κ1) is 35.6. The van der Waals surface area contributed by atoms with E-state index in [4.69, 9.17) is 4.74 Å². The van der Waals surface area contributed by atoms with Gasteiger partial charge in [-0.3, -0.25) is 14.4 Å². The molecule has 282 valence electrons. The fraction of sp³-hybridized carbons (Fsp3) is 0.622. The van der Waals surface area contributed by atoms with E-state index >= 15 is 4.79 Å². The smallest absolute Gasteiger partial charge is 0.313 e. The van der Waals surface area contributed by atoms with Crippen LogP contribution in [-0.4, -0.2) is 56.6 Å². The van der Waals surface area contributed by atoms with Crippen molar-refractivity contribution in [3.63, 3.8) is 0 Å². The van der Waals surface area contributed by atoms with E-state index in [0.717, 1.165) is 53.0 Å². The molecule has 1 aromatic carbocycles. The largest absolute Gasteiger partial charge is 0.448 e. The standard InChI is InChI=1S/C45H55NO6S/c1-28-12-13-32(53-28)35(48)31-25-42-21-22-44(31)33(39(42,4)17-14-30(47)24-42)15-18-40(5)34(44)16-19-43(40,51)27-46(26-29-10-8-7-9-11-29)36(49)45-23-20-41(6,37(50)52-45)38(45,2)3/h7-13,21-22,25,30,33-34,47,51H,14-20,23-24,26-27H2,1-6H3/t30?,33-,34-,39-,40+,41+,42+,43-,44-,45-/m1/s1. The minimum Gasteiger partial charge on any atom is -0.448 e. The highest BCUT2D eigenvalue weighted by Crippen LogP contribution is 2.78. The van der Waals surface area contributed by atoms with Crippen molar-refractivity contribution in [2.45, 2.75) is 123 Å². The second-order valence-electron chi connectivity index (χ2n) is 19.4. The fourth-order valence-corrected chi connectivity index (χ4v) is 14.4. The number of thiophene rings is 1. The quantitative estimate of drug-likeness (QED) is 0.170. The Morgan fingerprint density at radius 3 is 2.25 bits per heavy atom. The Labute approximate surface area is 317 Å². The summed E-state index contributed by atoms with van der Waals surface area (Å²) >= 11 is 1.54. The number of hydrogen-bond donors (Lipinski definition) is 2. The van der Waals surface area contributed by atoms with Gasteiger partial charge in [0.1, 0.15) is 0 Å². The van der Waals surface area contributed by atoms with Gasteiger partial charge in [-0.15, -0.1) is 11.3 Å². The summed E-state index contributed by atoms with van der Waals surface area (Å²) in [6.45, 7) is 13.0. The van der Waals surface area contributed by atoms with Gasteiger partial charge in [0.05, 0.1) is 28.5 Å². The van der Waals surface area contributed by atoms with Crippen molar-refractivity contribution in [1.29, 1.82) is 0 Å². The Balaban J connectivity index is 1.13. The van der Waals surface area contributed by atoms with Crippen LogP contribution in [0.3, 0.4) is 0 Å². The van der Waals surface area contributed by atoms with E-state index in [0.29, 0.717) is 32.2 Å². The van der Waals surface area contributed by atoms with Crippen LogP contribution in [-0.2, 0) is 20.9 Å². The number of Topliss-reactive ketones (excluding diaryl/α,β-unsaturated/α-hetero) is 1. The monoisotopic (exact) mass is 737 g/mol. The van der Waals surface area contributed by atoms with E-state index < -0.39 is 44.4 Å². The molecule has 1 saturated heterocycles. The molecule has 10 atom stereocenters. The third-order valence-electron chi connectivity index (χ3n) is 17.3. The number of hydrogen-bond acceptors (Lipinski definition) is 7. The van der Waals surface area contributed by atoms with Crippen LogP contribution in [0.1, 0.15) is 113 Å². The maximum Gasteiger partial charge on any atom is 0.313 e. The number of carbonyl (C=O) groups is 3. The highest BCUT2D eigenvalue weighted by atomic mass is 32.1. The molecule has 1 aliphatic heterocycles. The number of aliphatic hydroxyl groups excluding tert-OH is 1. The first-order valence-electron chi connectivity index (χ1n) is 19.9. The van der Waals surface area contributed by atoms with Crippen LogP contribution < -0.4 is 0 Å². The van der Waals surface area contributed by atoms with E-state index in [-0.39, 0.29) is 41.5 Å². The van der Waals surface area contributed by atoms with Crippen LogP contribution in [0.4, 0.5) is 0 Å². The maximum absolute atomic E-state index is 15.2. The average molecular weight is 738 g/mol. The SMILES string of the molecule is Cc1ccc(C(=O)C2=C[C@@]34C=C[C@@]25[C@@H]2CC[C@@](O)(CN(Cc6ccccc6)C(=O)[C@@]67CC[C@@](C)(C(=O)O6)C7(C)C)[C@@]2(C)CC[C@@H]5[C@@]3(C)CCC(O)C4)s1. The van der Waals surface area contributed by atoms with Gasteiger partial charge in [0, 0.05) is 38.7 Å². The van der Waals surface area contributed by atoms with Gasteiger partial charge in [0.2, 0.25) is 0 Å². The molecule has 1 amide bonds. The summed E-state index contributed by atoms with van der Waals surface area (Å²) in [6.07, 6.45) is 12.7. The molecule has 2 aromatic rings. The Kier molecular flexibility index (Phi) is 7.42. The Bertz CT molecular complexity index is 1980. The molecule has 7 nitrogen and oxygen atoms in total. The molecule has 53 heavy (non-hydrogen) atoms. The second-order valence-corrected chi connectivity index (χ2v) is 20.7. The van der Waals surface area contributed by atoms with Crippen molar-refractivity contribution >= 4 is 29.0 Å². The molecule has 8 aliphatic rings. The molecule has 2 spiro atoms. The number of fused-ring (bicyclic) bond motifs is 3. The van der Waals surface area contributed by atoms with Gasteiger partial charge in [-0.1, -0.05) is 76.3 Å².